The molecule has 0 saturated carbocycles. The van der Waals surface area contributed by atoms with Crippen molar-refractivity contribution in [3.63, 3.8) is 0 Å². The van der Waals surface area contributed by atoms with Crippen LogP contribution in [0.3, 0.4) is 0 Å². The summed E-state index contributed by atoms with van der Waals surface area (Å²) < 4.78 is 26.8. The van der Waals surface area contributed by atoms with Gasteiger partial charge >= 0.3 is 0 Å². The molecule has 0 bridgehead atoms. The first-order valence-corrected chi connectivity index (χ1v) is 11.8. The monoisotopic (exact) mass is 482 g/mol. The van der Waals surface area contributed by atoms with E-state index in [1.165, 1.54) is 37.6 Å². The third-order valence-corrected chi connectivity index (χ3v) is 7.51. The molecule has 7 nitrogen and oxygen atoms in total. The van der Waals surface area contributed by atoms with Gasteiger partial charge in [-0.2, -0.15) is 0 Å². The molecular weight excluding hydrogens is 456 g/mol. The number of nitrogens with zero attached hydrogens (tertiary/aromatic N) is 4. The van der Waals surface area contributed by atoms with E-state index in [0.717, 1.165) is 27.5 Å². The van der Waals surface area contributed by atoms with Crippen molar-refractivity contribution in [3.8, 4) is 0 Å². The summed E-state index contributed by atoms with van der Waals surface area (Å²) in [5.41, 5.74) is 1.28. The summed E-state index contributed by atoms with van der Waals surface area (Å²) in [5, 5.41) is 0.643. The highest BCUT2D eigenvalue weighted by Gasteiger charge is 2.23. The number of carbonyl (C=O) groups is 1. The van der Waals surface area contributed by atoms with Crippen molar-refractivity contribution in [1.29, 1.82) is 0 Å². The highest BCUT2D eigenvalue weighted by molar-refractivity contribution is 7.89. The SMILES string of the molecule is CN(C)CCCN(C(=O)c1ccc(S(=O)(=O)N(C)C)cc1)c1nc2ccccc2s1.Cl. The van der Waals surface area contributed by atoms with Crippen LogP contribution in [-0.4, -0.2) is 69.8 Å². The van der Waals surface area contributed by atoms with Crippen molar-refractivity contribution in [1.82, 2.24) is 14.2 Å². The number of hydrogen-bond acceptors (Lipinski definition) is 6. The molecule has 0 unspecified atom stereocenters. The topological polar surface area (TPSA) is 73.8 Å². The average Bonchev–Trinajstić information content (AvgIpc) is 3.14. The minimum absolute atomic E-state index is 0. The van der Waals surface area contributed by atoms with E-state index in [-0.39, 0.29) is 23.2 Å². The third-order valence-electron chi connectivity index (χ3n) is 4.63. The average molecular weight is 483 g/mol. The van der Waals surface area contributed by atoms with Gasteiger partial charge in [0.25, 0.3) is 5.91 Å². The number of aromatic nitrogens is 1. The number of sulfonamides is 1. The fraction of sp³-hybridized carbons (Fsp3) is 0.333. The predicted octanol–water partition coefficient (Wildman–Crippen LogP) is 3.57. The molecule has 0 spiro atoms. The van der Waals surface area contributed by atoms with E-state index in [1.54, 1.807) is 17.0 Å². The number of anilines is 1. The van der Waals surface area contributed by atoms with E-state index in [1.807, 2.05) is 38.4 Å². The Hall–Kier alpha value is -2.04. The van der Waals surface area contributed by atoms with Gasteiger partial charge in [0, 0.05) is 26.2 Å². The summed E-state index contributed by atoms with van der Waals surface area (Å²) in [6.45, 7) is 1.36. The first kappa shape index (κ1) is 25.2. The predicted molar refractivity (Wildman–Crippen MR) is 129 cm³/mol. The quantitative estimate of drug-likeness (QED) is 0.490. The Labute approximate surface area is 193 Å². The van der Waals surface area contributed by atoms with Gasteiger partial charge in [0.2, 0.25) is 10.0 Å². The molecule has 1 aromatic heterocycles. The molecule has 1 amide bonds. The maximum absolute atomic E-state index is 13.3. The van der Waals surface area contributed by atoms with Gasteiger partial charge < -0.3 is 4.90 Å². The van der Waals surface area contributed by atoms with Crippen LogP contribution in [-0.2, 0) is 10.0 Å². The molecule has 0 aliphatic rings. The maximum Gasteiger partial charge on any atom is 0.260 e. The number of para-hydroxylation sites is 1. The highest BCUT2D eigenvalue weighted by Crippen LogP contribution is 2.30. The van der Waals surface area contributed by atoms with E-state index in [0.29, 0.717) is 17.2 Å². The second-order valence-corrected chi connectivity index (χ2v) is 10.6. The lowest BCUT2D eigenvalue weighted by molar-refractivity contribution is 0.0986. The molecule has 1 heterocycles. The van der Waals surface area contributed by atoms with Crippen LogP contribution in [0.25, 0.3) is 10.2 Å². The number of hydrogen-bond donors (Lipinski definition) is 0. The maximum atomic E-state index is 13.3. The van der Waals surface area contributed by atoms with Gasteiger partial charge in [-0.3, -0.25) is 9.69 Å². The summed E-state index contributed by atoms with van der Waals surface area (Å²) >= 11 is 1.48. The molecule has 0 radical (unpaired) electrons. The van der Waals surface area contributed by atoms with E-state index in [2.05, 4.69) is 9.88 Å². The first-order valence-electron chi connectivity index (χ1n) is 9.55. The Bertz CT molecular complexity index is 1100. The van der Waals surface area contributed by atoms with Crippen molar-refractivity contribution in [3.05, 3.63) is 54.1 Å². The minimum Gasteiger partial charge on any atom is -0.309 e. The molecule has 0 fully saturated rings. The van der Waals surface area contributed by atoms with Crippen molar-refractivity contribution in [2.75, 3.05) is 46.2 Å². The molecule has 0 N–H and O–H groups in total. The van der Waals surface area contributed by atoms with Crippen molar-refractivity contribution in [2.45, 2.75) is 11.3 Å². The van der Waals surface area contributed by atoms with Crippen LogP contribution in [0, 0.1) is 0 Å². The van der Waals surface area contributed by atoms with Crippen LogP contribution in [0.4, 0.5) is 5.13 Å². The lowest BCUT2D eigenvalue weighted by Crippen LogP contribution is -2.33. The second kappa shape index (κ2) is 10.5. The van der Waals surface area contributed by atoms with E-state index in [9.17, 15) is 13.2 Å². The number of rotatable bonds is 8. The number of fused-ring (bicyclic) bond motifs is 1. The Morgan fingerprint density at radius 2 is 1.61 bits per heavy atom. The van der Waals surface area contributed by atoms with Gasteiger partial charge in [-0.05, 0) is 63.5 Å². The normalized spacial score (nSPS) is 11.7. The van der Waals surface area contributed by atoms with Gasteiger partial charge in [0.05, 0.1) is 15.1 Å². The zero-order valence-corrected chi connectivity index (χ0v) is 20.4. The van der Waals surface area contributed by atoms with Crippen LogP contribution in [0.2, 0.25) is 0 Å². The third kappa shape index (κ3) is 5.81. The number of carbonyl (C=O) groups excluding carboxylic acids is 1. The second-order valence-electron chi connectivity index (χ2n) is 7.39. The molecular formula is C21H27ClN4O3S2. The van der Waals surface area contributed by atoms with Crippen LogP contribution in [0.15, 0.2) is 53.4 Å². The Kier molecular flexibility index (Phi) is 8.56. The molecule has 0 aliphatic heterocycles. The van der Waals surface area contributed by atoms with Crippen LogP contribution in [0.5, 0.6) is 0 Å². The summed E-state index contributed by atoms with van der Waals surface area (Å²) in [6, 6.07) is 13.9. The lowest BCUT2D eigenvalue weighted by atomic mass is 10.2. The van der Waals surface area contributed by atoms with Crippen LogP contribution in [0.1, 0.15) is 16.8 Å². The van der Waals surface area contributed by atoms with E-state index < -0.39 is 10.0 Å². The Balaban J connectivity index is 0.00000341. The zero-order chi connectivity index (χ0) is 21.9. The Morgan fingerprint density at radius 1 is 0.968 bits per heavy atom. The molecule has 3 aromatic rings. The standard InChI is InChI=1S/C21H26N4O3S2.ClH/c1-23(2)14-7-15-25(21-22-18-8-5-6-9-19(18)29-21)20(26)16-10-12-17(13-11-16)30(27,28)24(3)4;/h5-6,8-13H,7,14-15H2,1-4H3;1H. The molecule has 31 heavy (non-hydrogen) atoms. The Morgan fingerprint density at radius 3 is 2.19 bits per heavy atom. The summed E-state index contributed by atoms with van der Waals surface area (Å²) in [7, 11) is 3.41. The molecule has 2 aromatic carbocycles. The molecule has 0 atom stereocenters. The lowest BCUT2D eigenvalue weighted by Gasteiger charge is -2.21. The van der Waals surface area contributed by atoms with Gasteiger partial charge in [0.15, 0.2) is 5.13 Å². The smallest absolute Gasteiger partial charge is 0.260 e. The van der Waals surface area contributed by atoms with Gasteiger partial charge in [-0.15, -0.1) is 12.4 Å². The summed E-state index contributed by atoms with van der Waals surface area (Å²) in [4.78, 5) is 21.9. The fourth-order valence-corrected chi connectivity index (χ4v) is 4.83. The molecule has 0 aliphatic carbocycles. The molecule has 168 valence electrons. The van der Waals surface area contributed by atoms with Gasteiger partial charge in [-0.1, -0.05) is 23.5 Å². The number of benzene rings is 2. The zero-order valence-electron chi connectivity index (χ0n) is 18.0. The van der Waals surface area contributed by atoms with E-state index in [4.69, 9.17) is 0 Å². The fourth-order valence-electron chi connectivity index (χ4n) is 2.94. The van der Waals surface area contributed by atoms with Crippen molar-refractivity contribution >= 4 is 55.0 Å². The number of thiazole rings is 1. The van der Waals surface area contributed by atoms with Crippen molar-refractivity contribution < 1.29 is 13.2 Å². The molecule has 10 heteroatoms. The summed E-state index contributed by atoms with van der Waals surface area (Å²) in [5.74, 6) is -0.193. The first-order chi connectivity index (χ1) is 14.2. The minimum atomic E-state index is -3.54. The largest absolute Gasteiger partial charge is 0.309 e. The number of halogens is 1. The van der Waals surface area contributed by atoms with Gasteiger partial charge in [0.1, 0.15) is 0 Å². The van der Waals surface area contributed by atoms with E-state index >= 15 is 0 Å². The number of amides is 1. The van der Waals surface area contributed by atoms with Gasteiger partial charge in [-0.25, -0.2) is 17.7 Å². The van der Waals surface area contributed by atoms with Crippen LogP contribution >= 0.6 is 23.7 Å². The van der Waals surface area contributed by atoms with Crippen LogP contribution < -0.4 is 4.90 Å². The molecule has 3 rings (SSSR count). The van der Waals surface area contributed by atoms with Crippen molar-refractivity contribution in [2.24, 2.45) is 0 Å². The summed E-state index contributed by atoms with van der Waals surface area (Å²) in [6.07, 6.45) is 0.793. The molecule has 0 saturated heterocycles. The highest BCUT2D eigenvalue weighted by atomic mass is 35.5.